The van der Waals surface area contributed by atoms with Crippen LogP contribution in [0, 0.1) is 0 Å². The Morgan fingerprint density at radius 3 is 2.38 bits per heavy atom. The molecule has 1 atom stereocenters. The molecule has 0 N–H and O–H groups in total. The maximum atomic E-state index is 14.0. The van der Waals surface area contributed by atoms with Gasteiger partial charge in [-0.1, -0.05) is 98.0 Å². The summed E-state index contributed by atoms with van der Waals surface area (Å²) in [4.78, 5) is 33.0. The third-order valence-corrected chi connectivity index (χ3v) is 7.70. The van der Waals surface area contributed by atoms with Crippen LogP contribution in [-0.4, -0.2) is 24.3 Å². The van der Waals surface area contributed by atoms with Crippen LogP contribution in [0.1, 0.15) is 55.0 Å². The van der Waals surface area contributed by atoms with Crippen LogP contribution in [0.2, 0.25) is 0 Å². The van der Waals surface area contributed by atoms with E-state index in [1.54, 1.807) is 18.6 Å². The molecule has 0 aliphatic carbocycles. The van der Waals surface area contributed by atoms with Crippen LogP contribution in [0.4, 0.5) is 0 Å². The SMILES string of the molecule is CCOC(=O)C1=C(c2ccccc2)N=c2s/c(=C/c3ccccc3OC)c(=O)n2[C@@H]1c1ccc(C(C)C)cc1. The molecule has 0 fully saturated rings. The molecule has 1 aliphatic rings. The van der Waals surface area contributed by atoms with E-state index in [2.05, 4.69) is 26.0 Å². The van der Waals surface area contributed by atoms with E-state index < -0.39 is 12.0 Å². The predicted octanol–water partition coefficient (Wildman–Crippen LogP) is 5.07. The molecule has 0 amide bonds. The van der Waals surface area contributed by atoms with Crippen molar-refractivity contribution in [2.45, 2.75) is 32.7 Å². The highest BCUT2D eigenvalue weighted by atomic mass is 32.1. The molecule has 7 heteroatoms. The van der Waals surface area contributed by atoms with Crippen LogP contribution in [0.5, 0.6) is 5.75 Å². The summed E-state index contributed by atoms with van der Waals surface area (Å²) in [6, 6.07) is 24.5. The summed E-state index contributed by atoms with van der Waals surface area (Å²) in [6.45, 7) is 6.25. The smallest absolute Gasteiger partial charge is 0.338 e. The first-order chi connectivity index (χ1) is 18.9. The molecule has 3 aromatic carbocycles. The van der Waals surface area contributed by atoms with E-state index in [0.717, 1.165) is 16.7 Å². The first kappa shape index (κ1) is 26.4. The largest absolute Gasteiger partial charge is 0.496 e. The van der Waals surface area contributed by atoms with Gasteiger partial charge in [-0.05, 0) is 36.1 Å². The van der Waals surface area contributed by atoms with Crippen molar-refractivity contribution in [2.24, 2.45) is 4.99 Å². The highest BCUT2D eigenvalue weighted by molar-refractivity contribution is 7.07. The first-order valence-corrected chi connectivity index (χ1v) is 13.8. The third kappa shape index (κ3) is 5.10. The normalized spacial score (nSPS) is 15.2. The molecule has 0 saturated heterocycles. The number of thiazole rings is 1. The lowest BCUT2D eigenvalue weighted by atomic mass is 9.91. The number of benzene rings is 3. The lowest BCUT2D eigenvalue weighted by Crippen LogP contribution is -2.40. The van der Waals surface area contributed by atoms with Crippen molar-refractivity contribution < 1.29 is 14.3 Å². The zero-order valence-corrected chi connectivity index (χ0v) is 23.2. The summed E-state index contributed by atoms with van der Waals surface area (Å²) in [5.74, 6) is 0.528. The molecule has 0 bridgehead atoms. The summed E-state index contributed by atoms with van der Waals surface area (Å²) in [5, 5.41) is 0. The lowest BCUT2D eigenvalue weighted by Gasteiger charge is -2.26. The maximum Gasteiger partial charge on any atom is 0.338 e. The molecule has 198 valence electrons. The molecule has 0 radical (unpaired) electrons. The Labute approximate surface area is 231 Å². The Bertz CT molecular complexity index is 1710. The molecule has 0 spiro atoms. The van der Waals surface area contributed by atoms with Crippen molar-refractivity contribution in [3.63, 3.8) is 0 Å². The van der Waals surface area contributed by atoms with E-state index >= 15 is 0 Å². The fourth-order valence-corrected chi connectivity index (χ4v) is 5.74. The van der Waals surface area contributed by atoms with Crippen molar-refractivity contribution in [1.29, 1.82) is 0 Å². The zero-order valence-electron chi connectivity index (χ0n) is 22.4. The summed E-state index contributed by atoms with van der Waals surface area (Å²) in [7, 11) is 1.60. The van der Waals surface area contributed by atoms with Crippen molar-refractivity contribution in [3.8, 4) is 5.75 Å². The topological polar surface area (TPSA) is 69.9 Å². The summed E-state index contributed by atoms with van der Waals surface area (Å²) in [6.07, 6.45) is 1.82. The Kier molecular flexibility index (Phi) is 7.61. The van der Waals surface area contributed by atoms with Crippen molar-refractivity contribution in [3.05, 3.63) is 126 Å². The van der Waals surface area contributed by atoms with Gasteiger partial charge in [0.25, 0.3) is 5.56 Å². The number of ether oxygens (including phenoxy) is 2. The van der Waals surface area contributed by atoms with E-state index in [-0.39, 0.29) is 12.2 Å². The first-order valence-electron chi connectivity index (χ1n) is 12.9. The number of aromatic nitrogens is 1. The Balaban J connectivity index is 1.82. The minimum absolute atomic E-state index is 0.210. The molecular formula is C32H30N2O4S. The number of carbonyl (C=O) groups is 1. The van der Waals surface area contributed by atoms with Crippen molar-refractivity contribution >= 4 is 29.1 Å². The average molecular weight is 539 g/mol. The van der Waals surface area contributed by atoms with Gasteiger partial charge in [0.05, 0.1) is 35.6 Å². The molecule has 0 saturated carbocycles. The number of methoxy groups -OCH3 is 1. The number of hydrogen-bond acceptors (Lipinski definition) is 6. The quantitative estimate of drug-likeness (QED) is 0.308. The number of esters is 1. The Hall–Kier alpha value is -4.23. The molecule has 4 aromatic rings. The minimum Gasteiger partial charge on any atom is -0.496 e. The van der Waals surface area contributed by atoms with E-state index in [1.165, 1.54) is 16.9 Å². The molecule has 39 heavy (non-hydrogen) atoms. The van der Waals surface area contributed by atoms with Gasteiger partial charge in [0.1, 0.15) is 5.75 Å². The van der Waals surface area contributed by atoms with Crippen LogP contribution in [0.15, 0.2) is 94.2 Å². The molecule has 5 rings (SSSR count). The van der Waals surface area contributed by atoms with E-state index in [4.69, 9.17) is 14.5 Å². The fraction of sp³-hybridized carbons (Fsp3) is 0.219. The Morgan fingerprint density at radius 2 is 1.72 bits per heavy atom. The standard InChI is InChI=1S/C32H30N2O4S/c1-5-38-31(36)27-28(22-11-7-6-8-12-22)33-32-34(29(27)23-17-15-21(16-18-23)20(2)3)30(35)26(39-32)19-24-13-9-10-14-25(24)37-4/h6-20,29H,5H2,1-4H3/b26-19+/t29-/m1/s1. The van der Waals surface area contributed by atoms with Gasteiger partial charge in [-0.15, -0.1) is 0 Å². The van der Waals surface area contributed by atoms with Crippen LogP contribution < -0.4 is 19.6 Å². The second kappa shape index (κ2) is 11.3. The highest BCUT2D eigenvalue weighted by Crippen LogP contribution is 2.35. The minimum atomic E-state index is -0.698. The van der Waals surface area contributed by atoms with E-state index in [0.29, 0.717) is 32.3 Å². The average Bonchev–Trinajstić information content (AvgIpc) is 3.27. The summed E-state index contributed by atoms with van der Waals surface area (Å²) in [5.41, 5.74) is 4.19. The molecule has 1 aliphatic heterocycles. The van der Waals surface area contributed by atoms with Crippen molar-refractivity contribution in [2.75, 3.05) is 13.7 Å². The number of hydrogen-bond donors (Lipinski definition) is 0. The zero-order chi connectivity index (χ0) is 27.5. The Morgan fingerprint density at radius 1 is 1.03 bits per heavy atom. The summed E-state index contributed by atoms with van der Waals surface area (Å²) < 4.78 is 13.2. The van der Waals surface area contributed by atoms with Gasteiger partial charge in [-0.2, -0.15) is 0 Å². The van der Waals surface area contributed by atoms with Crippen molar-refractivity contribution in [1.82, 2.24) is 4.57 Å². The fourth-order valence-electron chi connectivity index (χ4n) is 4.75. The second-order valence-electron chi connectivity index (χ2n) is 9.49. The lowest BCUT2D eigenvalue weighted by molar-refractivity contribution is -0.138. The molecular weight excluding hydrogens is 508 g/mol. The predicted molar refractivity (Wildman–Crippen MR) is 155 cm³/mol. The second-order valence-corrected chi connectivity index (χ2v) is 10.5. The maximum absolute atomic E-state index is 14.0. The van der Waals surface area contributed by atoms with Crippen LogP contribution in [0.3, 0.4) is 0 Å². The van der Waals surface area contributed by atoms with Gasteiger partial charge < -0.3 is 9.47 Å². The van der Waals surface area contributed by atoms with Gasteiger partial charge in [-0.3, -0.25) is 9.36 Å². The van der Waals surface area contributed by atoms with Gasteiger partial charge in [0.15, 0.2) is 4.80 Å². The number of para-hydroxylation sites is 1. The van der Waals surface area contributed by atoms with Gasteiger partial charge in [-0.25, -0.2) is 9.79 Å². The monoisotopic (exact) mass is 538 g/mol. The van der Waals surface area contributed by atoms with E-state index in [1.807, 2.05) is 72.8 Å². The number of carbonyl (C=O) groups excluding carboxylic acids is 1. The number of rotatable bonds is 7. The van der Waals surface area contributed by atoms with Crippen LogP contribution >= 0.6 is 11.3 Å². The number of fused-ring (bicyclic) bond motifs is 1. The van der Waals surface area contributed by atoms with Crippen LogP contribution in [-0.2, 0) is 9.53 Å². The molecule has 6 nitrogen and oxygen atoms in total. The molecule has 2 heterocycles. The highest BCUT2D eigenvalue weighted by Gasteiger charge is 2.35. The van der Waals surface area contributed by atoms with Crippen LogP contribution in [0.25, 0.3) is 11.8 Å². The van der Waals surface area contributed by atoms with E-state index in [9.17, 15) is 9.59 Å². The number of nitrogens with zero attached hydrogens (tertiary/aromatic N) is 2. The molecule has 1 aromatic heterocycles. The van der Waals surface area contributed by atoms with Gasteiger partial charge in [0.2, 0.25) is 0 Å². The molecule has 0 unspecified atom stereocenters. The van der Waals surface area contributed by atoms with Gasteiger partial charge in [0, 0.05) is 11.1 Å². The summed E-state index contributed by atoms with van der Waals surface area (Å²) >= 11 is 1.29. The third-order valence-electron chi connectivity index (χ3n) is 6.72. The van der Waals surface area contributed by atoms with Gasteiger partial charge >= 0.3 is 5.97 Å².